The Morgan fingerprint density at radius 2 is 1.24 bits per heavy atom. The van der Waals surface area contributed by atoms with Crippen LogP contribution in [0.2, 0.25) is 0 Å². The van der Waals surface area contributed by atoms with Crippen molar-refractivity contribution in [2.75, 3.05) is 0 Å². The van der Waals surface area contributed by atoms with Crippen LogP contribution < -0.4 is 0 Å². The van der Waals surface area contributed by atoms with Crippen molar-refractivity contribution < 1.29 is 28.6 Å². The Bertz CT molecular complexity index is 1050. The zero-order chi connectivity index (χ0) is 17.6. The number of fused-ring (bicyclic) bond motifs is 2. The lowest BCUT2D eigenvalue weighted by molar-refractivity contribution is 0.0686. The fraction of sp³-hybridized carbons (Fsp3) is 0.0588. The Labute approximate surface area is 139 Å². The van der Waals surface area contributed by atoms with Gasteiger partial charge in [-0.15, -0.1) is 0 Å². The Kier molecular flexibility index (Phi) is 3.24. The maximum absolute atomic E-state index is 11.0. The zero-order valence-corrected chi connectivity index (χ0v) is 12.6. The molecule has 8 heteroatoms. The number of carboxylic acid groups (broad SMARTS) is 2. The Morgan fingerprint density at radius 1 is 0.800 bits per heavy atom. The van der Waals surface area contributed by atoms with Crippen molar-refractivity contribution in [1.82, 2.24) is 9.97 Å². The van der Waals surface area contributed by atoms with Crippen molar-refractivity contribution in [3.8, 4) is 0 Å². The van der Waals surface area contributed by atoms with Crippen LogP contribution in [0.15, 0.2) is 45.2 Å². The first-order valence-corrected chi connectivity index (χ1v) is 7.25. The highest BCUT2D eigenvalue weighted by atomic mass is 16.4. The molecule has 0 fully saturated rings. The van der Waals surface area contributed by atoms with Crippen LogP contribution in [0.1, 0.15) is 32.5 Å². The molecule has 25 heavy (non-hydrogen) atoms. The van der Waals surface area contributed by atoms with Gasteiger partial charge in [0.2, 0.25) is 11.8 Å². The smallest absolute Gasteiger partial charge is 0.335 e. The Hall–Kier alpha value is -3.68. The van der Waals surface area contributed by atoms with Gasteiger partial charge in [-0.25, -0.2) is 19.6 Å². The summed E-state index contributed by atoms with van der Waals surface area (Å²) in [6.07, 6.45) is 0.161. The molecule has 4 aromatic rings. The van der Waals surface area contributed by atoms with Crippen LogP contribution in [0.3, 0.4) is 0 Å². The number of rotatable bonds is 4. The van der Waals surface area contributed by atoms with Crippen LogP contribution in [0.25, 0.3) is 22.2 Å². The number of nitrogens with zero attached hydrogens (tertiary/aromatic N) is 2. The Morgan fingerprint density at radius 3 is 1.64 bits per heavy atom. The first-order valence-electron chi connectivity index (χ1n) is 7.25. The van der Waals surface area contributed by atoms with Crippen molar-refractivity contribution in [1.29, 1.82) is 0 Å². The highest BCUT2D eigenvalue weighted by Gasteiger charge is 2.14. The highest BCUT2D eigenvalue weighted by molar-refractivity contribution is 5.92. The lowest BCUT2D eigenvalue weighted by Gasteiger charge is -1.91. The number of oxazole rings is 2. The second kappa shape index (κ2) is 5.45. The van der Waals surface area contributed by atoms with Gasteiger partial charge >= 0.3 is 11.9 Å². The first kappa shape index (κ1) is 14.9. The number of hydrogen-bond donors (Lipinski definition) is 2. The molecule has 2 aromatic heterocycles. The van der Waals surface area contributed by atoms with E-state index in [4.69, 9.17) is 19.0 Å². The van der Waals surface area contributed by atoms with E-state index in [2.05, 4.69) is 9.97 Å². The number of aromatic nitrogens is 2. The zero-order valence-electron chi connectivity index (χ0n) is 12.6. The van der Waals surface area contributed by atoms with E-state index >= 15 is 0 Å². The molecule has 0 spiro atoms. The summed E-state index contributed by atoms with van der Waals surface area (Å²) in [5.41, 5.74) is 2.03. The lowest BCUT2D eigenvalue weighted by Crippen LogP contribution is -1.95. The second-order valence-corrected chi connectivity index (χ2v) is 5.37. The van der Waals surface area contributed by atoms with Gasteiger partial charge in [0.25, 0.3) is 0 Å². The van der Waals surface area contributed by atoms with Gasteiger partial charge < -0.3 is 19.0 Å². The molecule has 2 heterocycles. The van der Waals surface area contributed by atoms with Gasteiger partial charge in [0, 0.05) is 0 Å². The maximum Gasteiger partial charge on any atom is 0.335 e. The van der Waals surface area contributed by atoms with Crippen molar-refractivity contribution in [3.63, 3.8) is 0 Å². The maximum atomic E-state index is 11.0. The second-order valence-electron chi connectivity index (χ2n) is 5.37. The standard InChI is InChI=1S/C17H10N2O6/c20-16(21)8-1-3-12-10(5-8)18-14(24-12)7-15-19-11-6-9(17(22)23)2-4-13(11)25-15/h1-6H,7H2,(H,20,21)(H,22,23). The summed E-state index contributed by atoms with van der Waals surface area (Å²) in [6.45, 7) is 0. The lowest BCUT2D eigenvalue weighted by atomic mass is 10.2. The molecule has 0 aliphatic rings. The molecule has 0 bridgehead atoms. The van der Waals surface area contributed by atoms with E-state index in [1.165, 1.54) is 24.3 Å². The molecule has 0 radical (unpaired) electrons. The fourth-order valence-electron chi connectivity index (χ4n) is 2.50. The summed E-state index contributed by atoms with van der Waals surface area (Å²) in [5, 5.41) is 18.0. The van der Waals surface area contributed by atoms with Crippen LogP contribution in [0.5, 0.6) is 0 Å². The quantitative estimate of drug-likeness (QED) is 0.581. The third kappa shape index (κ3) is 2.69. The summed E-state index contributed by atoms with van der Waals surface area (Å²) >= 11 is 0. The van der Waals surface area contributed by atoms with Crippen LogP contribution in [0.4, 0.5) is 0 Å². The van der Waals surface area contributed by atoms with Gasteiger partial charge in [-0.05, 0) is 36.4 Å². The van der Waals surface area contributed by atoms with Gasteiger partial charge in [0.1, 0.15) is 17.5 Å². The van der Waals surface area contributed by atoms with Crippen molar-refractivity contribution in [3.05, 3.63) is 59.3 Å². The number of carbonyl (C=O) groups is 2. The molecule has 2 aromatic carbocycles. The topological polar surface area (TPSA) is 127 Å². The monoisotopic (exact) mass is 338 g/mol. The molecule has 0 aliphatic carbocycles. The molecule has 0 saturated carbocycles. The summed E-state index contributed by atoms with van der Waals surface area (Å²) in [7, 11) is 0. The molecule has 0 atom stereocenters. The molecular formula is C17H10N2O6. The molecule has 0 unspecified atom stereocenters. The van der Waals surface area contributed by atoms with E-state index < -0.39 is 11.9 Å². The molecule has 0 saturated heterocycles. The molecular weight excluding hydrogens is 328 g/mol. The van der Waals surface area contributed by atoms with E-state index in [0.717, 1.165) is 0 Å². The van der Waals surface area contributed by atoms with Crippen LogP contribution in [-0.4, -0.2) is 32.1 Å². The number of hydrogen-bond acceptors (Lipinski definition) is 6. The molecule has 0 aliphatic heterocycles. The molecule has 0 amide bonds. The SMILES string of the molecule is O=C(O)c1ccc2oc(Cc3nc4cc(C(=O)O)ccc4o3)nc2c1. The van der Waals surface area contributed by atoms with E-state index in [1.54, 1.807) is 12.1 Å². The molecule has 4 rings (SSSR count). The average molecular weight is 338 g/mol. The van der Waals surface area contributed by atoms with Crippen molar-refractivity contribution in [2.24, 2.45) is 0 Å². The van der Waals surface area contributed by atoms with Gasteiger partial charge in [0.15, 0.2) is 11.2 Å². The van der Waals surface area contributed by atoms with E-state index in [1.807, 2.05) is 0 Å². The Balaban J connectivity index is 1.67. The van der Waals surface area contributed by atoms with Crippen LogP contribution in [0, 0.1) is 0 Å². The summed E-state index contributed by atoms with van der Waals surface area (Å²) in [6, 6.07) is 8.81. The van der Waals surface area contributed by atoms with Crippen molar-refractivity contribution in [2.45, 2.75) is 6.42 Å². The minimum absolute atomic E-state index is 0.121. The third-order valence-electron chi connectivity index (χ3n) is 3.66. The summed E-state index contributed by atoms with van der Waals surface area (Å²) in [5.74, 6) is -1.44. The number of carboxylic acids is 2. The largest absolute Gasteiger partial charge is 0.478 e. The first-order chi connectivity index (χ1) is 12.0. The third-order valence-corrected chi connectivity index (χ3v) is 3.66. The molecule has 8 nitrogen and oxygen atoms in total. The van der Waals surface area contributed by atoms with E-state index in [9.17, 15) is 9.59 Å². The van der Waals surface area contributed by atoms with Gasteiger partial charge in [-0.2, -0.15) is 0 Å². The normalized spacial score (nSPS) is 11.2. The van der Waals surface area contributed by atoms with Crippen LogP contribution >= 0.6 is 0 Å². The molecule has 124 valence electrons. The van der Waals surface area contributed by atoms with Gasteiger partial charge in [-0.3, -0.25) is 0 Å². The van der Waals surface area contributed by atoms with Crippen molar-refractivity contribution >= 4 is 34.1 Å². The fourth-order valence-corrected chi connectivity index (χ4v) is 2.50. The number of benzene rings is 2. The minimum atomic E-state index is -1.04. The van der Waals surface area contributed by atoms with E-state index in [-0.39, 0.29) is 17.5 Å². The minimum Gasteiger partial charge on any atom is -0.478 e. The predicted octanol–water partition coefficient (Wildman–Crippen LogP) is 2.96. The number of aromatic carboxylic acids is 2. The predicted molar refractivity (Wildman–Crippen MR) is 84.7 cm³/mol. The van der Waals surface area contributed by atoms with E-state index in [0.29, 0.717) is 34.0 Å². The highest BCUT2D eigenvalue weighted by Crippen LogP contribution is 2.22. The summed E-state index contributed by atoms with van der Waals surface area (Å²) in [4.78, 5) is 30.5. The van der Waals surface area contributed by atoms with Gasteiger partial charge in [0.05, 0.1) is 11.1 Å². The molecule has 2 N–H and O–H groups in total. The van der Waals surface area contributed by atoms with Gasteiger partial charge in [-0.1, -0.05) is 0 Å². The summed E-state index contributed by atoms with van der Waals surface area (Å²) < 4.78 is 11.1. The van der Waals surface area contributed by atoms with Crippen LogP contribution in [-0.2, 0) is 6.42 Å². The average Bonchev–Trinajstić information content (AvgIpc) is 3.15.